The largest absolute Gasteiger partial charge is 0.497 e. The first-order chi connectivity index (χ1) is 15.7. The van der Waals surface area contributed by atoms with E-state index < -0.39 is 6.10 Å². The molecule has 6 rings (SSSR count). The molecule has 0 spiro atoms. The Morgan fingerprint density at radius 3 is 2.78 bits per heavy atom. The van der Waals surface area contributed by atoms with E-state index in [0.717, 1.165) is 48.1 Å². The van der Waals surface area contributed by atoms with E-state index >= 15 is 0 Å². The van der Waals surface area contributed by atoms with Crippen molar-refractivity contribution in [2.24, 2.45) is 11.8 Å². The van der Waals surface area contributed by atoms with Crippen LogP contribution in [0.4, 0.5) is 0 Å². The molecule has 0 radical (unpaired) electrons. The second-order valence-electron chi connectivity index (χ2n) is 8.72. The van der Waals surface area contributed by atoms with Gasteiger partial charge in [0.2, 0.25) is 0 Å². The van der Waals surface area contributed by atoms with Crippen molar-refractivity contribution in [2.75, 3.05) is 20.2 Å². The van der Waals surface area contributed by atoms with Gasteiger partial charge in [0.15, 0.2) is 0 Å². The lowest BCUT2D eigenvalue weighted by molar-refractivity contribution is -0.0568. The number of hydrogen-bond donors (Lipinski definition) is 0. The Bertz CT molecular complexity index is 1130. The molecule has 0 N–H and O–H groups in total. The van der Waals surface area contributed by atoms with E-state index in [1.165, 1.54) is 0 Å². The van der Waals surface area contributed by atoms with Gasteiger partial charge in [-0.25, -0.2) is 4.79 Å². The fourth-order valence-corrected chi connectivity index (χ4v) is 5.32. The van der Waals surface area contributed by atoms with E-state index in [-0.39, 0.29) is 12.0 Å². The summed E-state index contributed by atoms with van der Waals surface area (Å²) in [6.07, 6.45) is 5.64. The number of esters is 1. The number of fused-ring (bicyclic) bond motifs is 4. The molecule has 3 aliphatic heterocycles. The zero-order valence-electron chi connectivity index (χ0n) is 18.3. The first-order valence-corrected chi connectivity index (χ1v) is 11.2. The quantitative estimate of drug-likeness (QED) is 0.407. The van der Waals surface area contributed by atoms with Crippen molar-refractivity contribution in [1.29, 1.82) is 0 Å². The fraction of sp³-hybridized carbons (Fsp3) is 0.333. The number of nitrogens with zero attached hydrogens (tertiary/aromatic N) is 2. The van der Waals surface area contributed by atoms with Crippen molar-refractivity contribution in [3.63, 3.8) is 0 Å². The van der Waals surface area contributed by atoms with Gasteiger partial charge in [0, 0.05) is 23.7 Å². The number of aromatic nitrogens is 1. The van der Waals surface area contributed by atoms with Crippen molar-refractivity contribution in [3.8, 4) is 5.75 Å². The highest BCUT2D eigenvalue weighted by Crippen LogP contribution is 2.43. The van der Waals surface area contributed by atoms with Crippen LogP contribution < -0.4 is 4.74 Å². The summed E-state index contributed by atoms with van der Waals surface area (Å²) in [5, 5.41) is 0.959. The van der Waals surface area contributed by atoms with E-state index in [1.54, 1.807) is 25.4 Å². The molecule has 2 bridgehead atoms. The summed E-state index contributed by atoms with van der Waals surface area (Å²) >= 11 is 0. The van der Waals surface area contributed by atoms with E-state index in [1.807, 2.05) is 42.5 Å². The maximum atomic E-state index is 13.2. The Hall–Kier alpha value is -3.18. The molecular weight excluding hydrogens is 400 g/mol. The Labute approximate surface area is 188 Å². The minimum Gasteiger partial charge on any atom is -0.497 e. The molecule has 5 nitrogen and oxygen atoms in total. The highest BCUT2D eigenvalue weighted by Gasteiger charge is 2.44. The zero-order chi connectivity index (χ0) is 22.1. The van der Waals surface area contributed by atoms with Gasteiger partial charge in [-0.1, -0.05) is 24.3 Å². The third-order valence-electron chi connectivity index (χ3n) is 7.04. The van der Waals surface area contributed by atoms with Crippen LogP contribution in [0.15, 0.2) is 73.4 Å². The smallest absolute Gasteiger partial charge is 0.338 e. The second kappa shape index (κ2) is 8.75. The lowest BCUT2D eigenvalue weighted by Gasteiger charge is -2.51. The molecule has 1 aromatic heterocycles. The number of rotatable bonds is 6. The molecule has 0 amide bonds. The minimum atomic E-state index is -0.395. The molecule has 2 aromatic carbocycles. The maximum absolute atomic E-state index is 13.2. The van der Waals surface area contributed by atoms with Crippen molar-refractivity contribution < 1.29 is 14.3 Å². The van der Waals surface area contributed by atoms with Gasteiger partial charge in [-0.3, -0.25) is 9.88 Å². The van der Waals surface area contributed by atoms with Crippen LogP contribution >= 0.6 is 0 Å². The summed E-state index contributed by atoms with van der Waals surface area (Å²) in [4.78, 5) is 20.2. The van der Waals surface area contributed by atoms with Crippen molar-refractivity contribution in [2.45, 2.75) is 25.0 Å². The zero-order valence-corrected chi connectivity index (χ0v) is 18.3. The lowest BCUT2D eigenvalue weighted by Crippen LogP contribution is -2.55. The first kappa shape index (κ1) is 20.7. The van der Waals surface area contributed by atoms with Crippen LogP contribution in [-0.2, 0) is 4.74 Å². The number of methoxy groups -OCH3 is 1. The summed E-state index contributed by atoms with van der Waals surface area (Å²) in [6, 6.07) is 17.2. The van der Waals surface area contributed by atoms with Crippen LogP contribution in [0.25, 0.3) is 10.9 Å². The molecule has 5 heteroatoms. The standard InChI is InChI=1S/C27H28N2O3/c1-3-18-17-29-14-12-20(18)15-25(29)26(32-27(30)19-7-5-4-6-8-19)22-11-13-28-24-10-9-21(31-2)16-23(22)24/h3-11,13,16,18,20,25-26H,1,12,14-15,17H2,2H3. The van der Waals surface area contributed by atoms with Gasteiger partial charge in [0.1, 0.15) is 11.9 Å². The van der Waals surface area contributed by atoms with Crippen LogP contribution in [0, 0.1) is 11.8 Å². The number of ether oxygens (including phenoxy) is 2. The van der Waals surface area contributed by atoms with E-state index in [2.05, 4.69) is 22.5 Å². The Morgan fingerprint density at radius 2 is 2.06 bits per heavy atom. The number of piperidine rings is 3. The summed E-state index contributed by atoms with van der Waals surface area (Å²) in [7, 11) is 1.66. The molecule has 3 fully saturated rings. The normalized spacial score (nSPS) is 25.3. The van der Waals surface area contributed by atoms with Gasteiger partial charge in [-0.2, -0.15) is 0 Å². The first-order valence-electron chi connectivity index (χ1n) is 11.2. The van der Waals surface area contributed by atoms with Gasteiger partial charge in [-0.15, -0.1) is 6.58 Å². The summed E-state index contributed by atoms with van der Waals surface area (Å²) in [5.74, 6) is 1.53. The number of pyridine rings is 1. The molecular formula is C27H28N2O3. The van der Waals surface area contributed by atoms with Gasteiger partial charge in [0.25, 0.3) is 0 Å². The monoisotopic (exact) mass is 428 g/mol. The molecule has 4 heterocycles. The molecule has 3 aromatic rings. The Morgan fingerprint density at radius 1 is 1.22 bits per heavy atom. The van der Waals surface area contributed by atoms with Crippen LogP contribution in [0.2, 0.25) is 0 Å². The highest BCUT2D eigenvalue weighted by molar-refractivity contribution is 5.90. The lowest BCUT2D eigenvalue weighted by atomic mass is 9.73. The molecule has 5 atom stereocenters. The molecule has 5 unspecified atom stereocenters. The molecule has 3 aliphatic rings. The number of benzene rings is 2. The van der Waals surface area contributed by atoms with Crippen molar-refractivity contribution in [1.82, 2.24) is 9.88 Å². The number of hydrogen-bond acceptors (Lipinski definition) is 5. The van der Waals surface area contributed by atoms with Gasteiger partial charge < -0.3 is 9.47 Å². The van der Waals surface area contributed by atoms with Gasteiger partial charge >= 0.3 is 5.97 Å². The fourth-order valence-electron chi connectivity index (χ4n) is 5.32. The van der Waals surface area contributed by atoms with Crippen LogP contribution in [-0.4, -0.2) is 42.1 Å². The number of carbonyl (C=O) groups excluding carboxylic acids is 1. The SMILES string of the molecule is C=CC1CN2CCC1CC2C(OC(=O)c1ccccc1)c1ccnc2ccc(OC)cc12. The summed E-state index contributed by atoms with van der Waals surface area (Å²) in [6.45, 7) is 6.03. The average Bonchev–Trinajstić information content (AvgIpc) is 2.87. The van der Waals surface area contributed by atoms with Crippen LogP contribution in [0.5, 0.6) is 5.75 Å². The van der Waals surface area contributed by atoms with Crippen molar-refractivity contribution in [3.05, 3.63) is 84.6 Å². The third kappa shape index (κ3) is 3.78. The van der Waals surface area contributed by atoms with Crippen LogP contribution in [0.3, 0.4) is 0 Å². The molecule has 0 aliphatic carbocycles. The molecule has 0 saturated carbocycles. The van der Waals surface area contributed by atoms with Crippen LogP contribution in [0.1, 0.15) is 34.9 Å². The van der Waals surface area contributed by atoms with E-state index in [4.69, 9.17) is 9.47 Å². The maximum Gasteiger partial charge on any atom is 0.338 e. The Kier molecular flexibility index (Phi) is 5.66. The summed E-state index contributed by atoms with van der Waals surface area (Å²) < 4.78 is 11.8. The van der Waals surface area contributed by atoms with Crippen molar-refractivity contribution >= 4 is 16.9 Å². The Balaban J connectivity index is 1.57. The second-order valence-corrected chi connectivity index (χ2v) is 8.72. The average molecular weight is 429 g/mol. The van der Waals surface area contributed by atoms with E-state index in [0.29, 0.717) is 17.4 Å². The predicted molar refractivity (Wildman–Crippen MR) is 125 cm³/mol. The topological polar surface area (TPSA) is 51.7 Å². The third-order valence-corrected chi connectivity index (χ3v) is 7.04. The predicted octanol–water partition coefficient (Wildman–Crippen LogP) is 5.04. The molecule has 164 valence electrons. The molecule has 32 heavy (non-hydrogen) atoms. The number of carbonyl (C=O) groups is 1. The molecule has 3 saturated heterocycles. The van der Waals surface area contributed by atoms with Gasteiger partial charge in [-0.05, 0) is 67.6 Å². The van der Waals surface area contributed by atoms with Gasteiger partial charge in [0.05, 0.1) is 24.2 Å². The summed E-state index contributed by atoms with van der Waals surface area (Å²) in [5.41, 5.74) is 2.41. The van der Waals surface area contributed by atoms with E-state index in [9.17, 15) is 4.79 Å². The minimum absolute atomic E-state index is 0.120. The highest BCUT2D eigenvalue weighted by atomic mass is 16.5.